The average molecular weight is 622 g/mol. The van der Waals surface area contributed by atoms with Gasteiger partial charge in [-0.2, -0.15) is 0 Å². The Morgan fingerprint density at radius 3 is 2.49 bits per heavy atom. The zero-order chi connectivity index (χ0) is 32.0. The van der Waals surface area contributed by atoms with Gasteiger partial charge in [0.1, 0.15) is 23.3 Å². The van der Waals surface area contributed by atoms with Crippen LogP contribution >= 0.6 is 0 Å². The second kappa shape index (κ2) is 11.6. The summed E-state index contributed by atoms with van der Waals surface area (Å²) in [6, 6.07) is 9.08. The lowest BCUT2D eigenvalue weighted by Gasteiger charge is -2.23. The van der Waals surface area contributed by atoms with Crippen molar-refractivity contribution in [3.8, 4) is 5.69 Å². The van der Waals surface area contributed by atoms with Gasteiger partial charge in [-0.25, -0.2) is 27.7 Å². The molecular weight excluding hydrogens is 595 g/mol. The number of carboxylic acids is 1. The number of carboxylic acid groups (broad SMARTS) is 1. The van der Waals surface area contributed by atoms with Gasteiger partial charge in [0.2, 0.25) is 11.3 Å². The van der Waals surface area contributed by atoms with Crippen LogP contribution in [0, 0.1) is 17.5 Å². The maximum absolute atomic E-state index is 15.6. The fourth-order valence-corrected chi connectivity index (χ4v) is 5.64. The second-order valence-corrected chi connectivity index (χ2v) is 10.8. The third-order valence-electron chi connectivity index (χ3n) is 7.87. The van der Waals surface area contributed by atoms with Gasteiger partial charge in [-0.05, 0) is 54.3 Å². The number of rotatable bonds is 6. The molecule has 6 rings (SSSR count). The van der Waals surface area contributed by atoms with Crippen LogP contribution in [0.5, 0.6) is 0 Å². The molecule has 45 heavy (non-hydrogen) atoms. The van der Waals surface area contributed by atoms with E-state index in [2.05, 4.69) is 10.3 Å². The SMILES string of the molecule is CC(=O)NC[C@H]1CN(c2ccc3c(c2)CCN(c2nc4c(cc2F)c(=O)c(C(=O)O)cn4-c2ccc(F)cc2F)CC3)C(=O)O1. The number of amides is 2. The standard InChI is InChI=1S/C31H26F3N5O6/c1-16(40)35-13-21-14-38(31(44)45-21)20-4-2-17-6-8-37(9-7-18(17)10-20)29-25(34)12-22-27(41)23(30(42)43)15-39(28(22)36-29)26-5-3-19(32)11-24(26)33/h2-5,10-12,15,21H,6-9,13-14H2,1H3,(H,35,40)(H,42,43)/t21-/m0/s1. The lowest BCUT2D eigenvalue weighted by Crippen LogP contribution is -2.33. The molecule has 0 bridgehead atoms. The molecule has 4 aromatic rings. The molecular formula is C31H26F3N5O6. The summed E-state index contributed by atoms with van der Waals surface area (Å²) in [7, 11) is 0. The van der Waals surface area contributed by atoms with E-state index in [1.807, 2.05) is 12.1 Å². The van der Waals surface area contributed by atoms with E-state index in [4.69, 9.17) is 4.74 Å². The van der Waals surface area contributed by atoms with Crippen molar-refractivity contribution in [1.29, 1.82) is 0 Å². The van der Waals surface area contributed by atoms with E-state index in [0.29, 0.717) is 37.7 Å². The number of carbonyl (C=O) groups is 3. The van der Waals surface area contributed by atoms with Crippen LogP contribution in [0.4, 0.5) is 29.5 Å². The van der Waals surface area contributed by atoms with Crippen molar-refractivity contribution in [1.82, 2.24) is 14.9 Å². The summed E-state index contributed by atoms with van der Waals surface area (Å²) in [6.45, 7) is 2.46. The minimum absolute atomic E-state index is 0.127. The highest BCUT2D eigenvalue weighted by molar-refractivity contribution is 5.93. The van der Waals surface area contributed by atoms with Crippen molar-refractivity contribution in [2.75, 3.05) is 36.0 Å². The minimum atomic E-state index is -1.60. The molecule has 2 aromatic carbocycles. The molecule has 4 heterocycles. The number of hydrogen-bond acceptors (Lipinski definition) is 7. The van der Waals surface area contributed by atoms with Crippen molar-refractivity contribution in [3.05, 3.63) is 93.0 Å². The summed E-state index contributed by atoms with van der Waals surface area (Å²) in [5, 5.41) is 11.8. The topological polar surface area (TPSA) is 134 Å². The van der Waals surface area contributed by atoms with E-state index in [-0.39, 0.29) is 41.5 Å². The molecule has 0 saturated carbocycles. The first-order valence-electron chi connectivity index (χ1n) is 14.0. The Balaban J connectivity index is 1.32. The Kier molecular flexibility index (Phi) is 7.64. The molecule has 11 nitrogen and oxygen atoms in total. The van der Waals surface area contributed by atoms with E-state index in [1.54, 1.807) is 11.0 Å². The number of anilines is 2. The van der Waals surface area contributed by atoms with E-state index in [9.17, 15) is 33.1 Å². The first-order chi connectivity index (χ1) is 21.5. The first-order valence-corrected chi connectivity index (χ1v) is 14.0. The van der Waals surface area contributed by atoms with Crippen LogP contribution in [0.25, 0.3) is 16.7 Å². The molecule has 2 aliphatic rings. The predicted molar refractivity (Wildman–Crippen MR) is 157 cm³/mol. The average Bonchev–Trinajstić information content (AvgIpc) is 3.24. The smallest absolute Gasteiger partial charge is 0.414 e. The van der Waals surface area contributed by atoms with E-state index >= 15 is 4.39 Å². The van der Waals surface area contributed by atoms with Gasteiger partial charge in [-0.3, -0.25) is 19.1 Å². The van der Waals surface area contributed by atoms with Gasteiger partial charge < -0.3 is 20.1 Å². The van der Waals surface area contributed by atoms with Crippen molar-refractivity contribution in [2.45, 2.75) is 25.9 Å². The molecule has 2 N–H and O–H groups in total. The van der Waals surface area contributed by atoms with Crippen molar-refractivity contribution >= 4 is 40.5 Å². The molecule has 1 atom stereocenters. The highest BCUT2D eigenvalue weighted by Gasteiger charge is 2.33. The maximum atomic E-state index is 15.6. The Bertz CT molecular complexity index is 1950. The number of carbonyl (C=O) groups excluding carboxylic acids is 2. The van der Waals surface area contributed by atoms with Gasteiger partial charge in [0.15, 0.2) is 17.3 Å². The number of halogens is 3. The number of nitrogens with one attached hydrogen (secondary N) is 1. The lowest BCUT2D eigenvalue weighted by molar-refractivity contribution is -0.119. The predicted octanol–water partition coefficient (Wildman–Crippen LogP) is 3.57. The molecule has 0 radical (unpaired) electrons. The molecule has 1 saturated heterocycles. The molecule has 2 aliphatic heterocycles. The van der Waals surface area contributed by atoms with Gasteiger partial charge >= 0.3 is 12.1 Å². The van der Waals surface area contributed by atoms with Gasteiger partial charge in [-0.15, -0.1) is 0 Å². The maximum Gasteiger partial charge on any atom is 0.414 e. The number of benzene rings is 2. The highest BCUT2D eigenvalue weighted by Crippen LogP contribution is 2.30. The summed E-state index contributed by atoms with van der Waals surface area (Å²) >= 11 is 0. The lowest BCUT2D eigenvalue weighted by atomic mass is 10.0. The summed E-state index contributed by atoms with van der Waals surface area (Å²) < 4.78 is 50.5. The molecule has 0 aliphatic carbocycles. The normalized spacial score (nSPS) is 16.4. The second-order valence-electron chi connectivity index (χ2n) is 10.8. The fraction of sp³-hybridized carbons (Fsp3) is 0.258. The van der Waals surface area contributed by atoms with Crippen molar-refractivity contribution < 1.29 is 37.4 Å². The minimum Gasteiger partial charge on any atom is -0.477 e. The fourth-order valence-electron chi connectivity index (χ4n) is 5.64. The summed E-state index contributed by atoms with van der Waals surface area (Å²) in [5.74, 6) is -4.72. The molecule has 0 spiro atoms. The zero-order valence-electron chi connectivity index (χ0n) is 23.8. The number of aromatic nitrogens is 2. The summed E-state index contributed by atoms with van der Waals surface area (Å²) in [6.07, 6.45) is 0.796. The first kappa shape index (κ1) is 29.7. The van der Waals surface area contributed by atoms with Crippen LogP contribution in [-0.4, -0.2) is 64.9 Å². The third-order valence-corrected chi connectivity index (χ3v) is 7.87. The van der Waals surface area contributed by atoms with Gasteiger partial charge in [0.25, 0.3) is 0 Å². The monoisotopic (exact) mass is 621 g/mol. The van der Waals surface area contributed by atoms with Crippen LogP contribution in [-0.2, 0) is 22.4 Å². The molecule has 0 unspecified atom stereocenters. The van der Waals surface area contributed by atoms with Crippen LogP contribution in [0.1, 0.15) is 28.4 Å². The Hall–Kier alpha value is -5.40. The van der Waals surface area contributed by atoms with Gasteiger partial charge in [0, 0.05) is 38.0 Å². The summed E-state index contributed by atoms with van der Waals surface area (Å²) in [5.41, 5.74) is 0.315. The third kappa shape index (κ3) is 5.66. The van der Waals surface area contributed by atoms with E-state index in [0.717, 1.165) is 40.1 Å². The quantitative estimate of drug-likeness (QED) is 0.334. The Labute approximate surface area is 253 Å². The number of fused-ring (bicyclic) bond motifs is 2. The molecule has 232 valence electrons. The van der Waals surface area contributed by atoms with Crippen LogP contribution in [0.3, 0.4) is 0 Å². The van der Waals surface area contributed by atoms with Crippen LogP contribution in [0.2, 0.25) is 0 Å². The number of pyridine rings is 2. The number of cyclic esters (lactones) is 1. The van der Waals surface area contributed by atoms with E-state index in [1.165, 1.54) is 11.8 Å². The zero-order valence-corrected chi connectivity index (χ0v) is 23.8. The number of hydrogen-bond donors (Lipinski definition) is 2. The Morgan fingerprint density at radius 1 is 1.02 bits per heavy atom. The number of aromatic carboxylic acids is 1. The molecule has 2 aromatic heterocycles. The van der Waals surface area contributed by atoms with E-state index < -0.39 is 46.6 Å². The van der Waals surface area contributed by atoms with Crippen molar-refractivity contribution in [3.63, 3.8) is 0 Å². The molecule has 1 fully saturated rings. The Morgan fingerprint density at radius 2 is 1.78 bits per heavy atom. The van der Waals surface area contributed by atoms with Gasteiger partial charge in [-0.1, -0.05) is 6.07 Å². The molecule has 2 amide bonds. The van der Waals surface area contributed by atoms with Gasteiger partial charge in [0.05, 0.1) is 24.2 Å². The number of ether oxygens (including phenoxy) is 1. The van der Waals surface area contributed by atoms with Crippen molar-refractivity contribution in [2.24, 2.45) is 0 Å². The highest BCUT2D eigenvalue weighted by atomic mass is 19.1. The van der Waals surface area contributed by atoms with Crippen LogP contribution in [0.15, 0.2) is 53.5 Å². The number of nitrogens with zero attached hydrogens (tertiary/aromatic N) is 4. The van der Waals surface area contributed by atoms with Crippen LogP contribution < -0.4 is 20.5 Å². The molecule has 14 heteroatoms. The summed E-state index contributed by atoms with van der Waals surface area (Å²) in [4.78, 5) is 56.1. The largest absolute Gasteiger partial charge is 0.477 e.